The first-order valence-electron chi connectivity index (χ1n) is 8.67. The Hall–Kier alpha value is -3.58. The molecule has 9 heteroatoms. The molecule has 4 rings (SSSR count). The van der Waals surface area contributed by atoms with Crippen molar-refractivity contribution in [3.63, 3.8) is 0 Å². The summed E-state index contributed by atoms with van der Waals surface area (Å²) in [6.45, 7) is 0.224. The van der Waals surface area contributed by atoms with Crippen LogP contribution in [0.2, 0.25) is 0 Å². The van der Waals surface area contributed by atoms with Crippen molar-refractivity contribution in [2.75, 3.05) is 5.32 Å². The molecule has 4 aromatic rings. The molecule has 1 unspecified atom stereocenters. The zero-order valence-electron chi connectivity index (χ0n) is 15.1. The van der Waals surface area contributed by atoms with Gasteiger partial charge in [0.15, 0.2) is 5.65 Å². The number of nitrogens with one attached hydrogen (secondary N) is 2. The SMILES string of the molecule is N#Cc1ccccc1Nc1nc2ccc(-c3cccc(CNS(=O)[O-])c3)cn2n1. The Morgan fingerprint density at radius 3 is 2.79 bits per heavy atom. The maximum absolute atomic E-state index is 10.7. The maximum atomic E-state index is 10.7. The minimum atomic E-state index is -2.30. The summed E-state index contributed by atoms with van der Waals surface area (Å²) >= 11 is -2.30. The van der Waals surface area contributed by atoms with Crippen molar-refractivity contribution in [3.05, 3.63) is 78.0 Å². The smallest absolute Gasteiger partial charge is 0.247 e. The van der Waals surface area contributed by atoms with Gasteiger partial charge in [0.2, 0.25) is 5.95 Å². The Balaban J connectivity index is 1.61. The molecule has 0 amide bonds. The van der Waals surface area contributed by atoms with Gasteiger partial charge in [-0.15, -0.1) is 5.10 Å². The molecule has 2 aromatic carbocycles. The maximum Gasteiger partial charge on any atom is 0.247 e. The van der Waals surface area contributed by atoms with Crippen molar-refractivity contribution in [1.29, 1.82) is 5.26 Å². The number of para-hydroxylation sites is 1. The van der Waals surface area contributed by atoms with Gasteiger partial charge in [0, 0.05) is 29.6 Å². The first kappa shape index (κ1) is 18.8. The molecule has 0 aliphatic heterocycles. The van der Waals surface area contributed by atoms with Crippen molar-refractivity contribution < 1.29 is 8.76 Å². The van der Waals surface area contributed by atoms with Gasteiger partial charge in [-0.05, 0) is 41.5 Å². The third-order valence-corrected chi connectivity index (χ3v) is 4.66. The van der Waals surface area contributed by atoms with E-state index in [2.05, 4.69) is 26.2 Å². The van der Waals surface area contributed by atoms with E-state index in [1.807, 2.05) is 48.7 Å². The van der Waals surface area contributed by atoms with E-state index in [0.29, 0.717) is 22.8 Å². The van der Waals surface area contributed by atoms with E-state index in [9.17, 15) is 14.0 Å². The Kier molecular flexibility index (Phi) is 5.31. The predicted molar refractivity (Wildman–Crippen MR) is 109 cm³/mol. The van der Waals surface area contributed by atoms with E-state index in [-0.39, 0.29) is 6.54 Å². The quantitative estimate of drug-likeness (QED) is 0.478. The van der Waals surface area contributed by atoms with Gasteiger partial charge in [-0.25, -0.2) is 9.24 Å². The van der Waals surface area contributed by atoms with Crippen LogP contribution >= 0.6 is 0 Å². The van der Waals surface area contributed by atoms with E-state index in [0.717, 1.165) is 16.7 Å². The molecule has 0 spiro atoms. The minimum Gasteiger partial charge on any atom is -0.760 e. The van der Waals surface area contributed by atoms with Crippen LogP contribution in [0.4, 0.5) is 11.6 Å². The van der Waals surface area contributed by atoms with Crippen molar-refractivity contribution in [1.82, 2.24) is 19.3 Å². The number of nitrogens with zero attached hydrogens (tertiary/aromatic N) is 4. The molecular formula is C20H15N6O2S-. The molecule has 0 saturated carbocycles. The van der Waals surface area contributed by atoms with Gasteiger partial charge in [-0.2, -0.15) is 10.2 Å². The van der Waals surface area contributed by atoms with Crippen molar-refractivity contribution in [3.8, 4) is 17.2 Å². The van der Waals surface area contributed by atoms with E-state index in [1.165, 1.54) is 0 Å². The fraction of sp³-hybridized carbons (Fsp3) is 0.0500. The van der Waals surface area contributed by atoms with Crippen LogP contribution in [0, 0.1) is 11.3 Å². The average molecular weight is 403 g/mol. The molecule has 0 bridgehead atoms. The van der Waals surface area contributed by atoms with E-state index >= 15 is 0 Å². The third kappa shape index (κ3) is 4.30. The summed E-state index contributed by atoms with van der Waals surface area (Å²) in [4.78, 5) is 4.44. The Morgan fingerprint density at radius 2 is 1.97 bits per heavy atom. The lowest BCUT2D eigenvalue weighted by Gasteiger charge is -2.09. The van der Waals surface area contributed by atoms with Gasteiger partial charge in [-0.1, -0.05) is 30.3 Å². The monoisotopic (exact) mass is 403 g/mol. The first-order valence-corrected chi connectivity index (χ1v) is 9.74. The van der Waals surface area contributed by atoms with Gasteiger partial charge in [0.25, 0.3) is 0 Å². The van der Waals surface area contributed by atoms with Crippen molar-refractivity contribution >= 4 is 28.5 Å². The number of aromatic nitrogens is 3. The van der Waals surface area contributed by atoms with E-state index in [4.69, 9.17) is 0 Å². The molecule has 1 atom stereocenters. The predicted octanol–water partition coefficient (Wildman–Crippen LogP) is 2.90. The van der Waals surface area contributed by atoms with Crippen LogP contribution < -0.4 is 10.0 Å². The van der Waals surface area contributed by atoms with Gasteiger partial charge < -0.3 is 9.87 Å². The summed E-state index contributed by atoms with van der Waals surface area (Å²) in [5.74, 6) is 0.390. The number of anilines is 2. The summed E-state index contributed by atoms with van der Waals surface area (Å²) in [6, 6.07) is 20.6. The molecule has 0 saturated heterocycles. The van der Waals surface area contributed by atoms with Gasteiger partial charge in [0.05, 0.1) is 11.3 Å². The zero-order chi connectivity index (χ0) is 20.2. The van der Waals surface area contributed by atoms with Crippen LogP contribution in [0.25, 0.3) is 16.8 Å². The summed E-state index contributed by atoms with van der Waals surface area (Å²) < 4.78 is 25.4. The summed E-state index contributed by atoms with van der Waals surface area (Å²) in [5.41, 5.74) is 4.50. The highest BCUT2D eigenvalue weighted by molar-refractivity contribution is 7.77. The van der Waals surface area contributed by atoms with Crippen molar-refractivity contribution in [2.24, 2.45) is 0 Å². The van der Waals surface area contributed by atoms with Gasteiger partial charge in [-0.3, -0.25) is 4.21 Å². The highest BCUT2D eigenvalue weighted by Crippen LogP contribution is 2.23. The Morgan fingerprint density at radius 1 is 1.10 bits per heavy atom. The fourth-order valence-corrected chi connectivity index (χ4v) is 3.20. The fourth-order valence-electron chi connectivity index (χ4n) is 2.92. The molecule has 29 heavy (non-hydrogen) atoms. The Labute approximate surface area is 169 Å². The van der Waals surface area contributed by atoms with E-state index < -0.39 is 11.3 Å². The number of rotatable bonds is 6. The summed E-state index contributed by atoms with van der Waals surface area (Å²) in [7, 11) is 0. The van der Waals surface area contributed by atoms with Crippen LogP contribution in [-0.4, -0.2) is 23.4 Å². The summed E-state index contributed by atoms with van der Waals surface area (Å²) in [6.07, 6.45) is 1.85. The lowest BCUT2D eigenvalue weighted by Crippen LogP contribution is -2.15. The standard InChI is InChI=1S/C20H16N6O2S/c21-11-16-5-1-2-7-18(16)23-20-24-19-9-8-17(13-26(19)25-20)15-6-3-4-14(10-15)12-22-29(27)28/h1-10,13,22H,12H2,(H,23,25)(H,27,28)/p-1. The lowest BCUT2D eigenvalue weighted by atomic mass is 10.0. The van der Waals surface area contributed by atoms with Crippen LogP contribution in [0.1, 0.15) is 11.1 Å². The molecule has 0 aliphatic rings. The van der Waals surface area contributed by atoms with Crippen LogP contribution in [-0.2, 0) is 17.8 Å². The average Bonchev–Trinajstić information content (AvgIpc) is 3.14. The molecule has 2 heterocycles. The first-order chi connectivity index (χ1) is 14.1. The summed E-state index contributed by atoms with van der Waals surface area (Å²) in [5, 5.41) is 16.7. The topological polar surface area (TPSA) is 118 Å². The lowest BCUT2D eigenvalue weighted by molar-refractivity contribution is 0.522. The number of hydrogen-bond donors (Lipinski definition) is 2. The molecular weight excluding hydrogens is 388 g/mol. The zero-order valence-corrected chi connectivity index (χ0v) is 15.9. The third-order valence-electron chi connectivity index (χ3n) is 4.28. The van der Waals surface area contributed by atoms with E-state index in [1.54, 1.807) is 22.7 Å². The number of pyridine rings is 1. The molecule has 144 valence electrons. The second-order valence-electron chi connectivity index (χ2n) is 6.19. The highest BCUT2D eigenvalue weighted by Gasteiger charge is 2.08. The Bertz CT molecular complexity index is 1250. The second kappa shape index (κ2) is 8.20. The van der Waals surface area contributed by atoms with Crippen molar-refractivity contribution in [2.45, 2.75) is 6.54 Å². The number of fused-ring (bicyclic) bond motifs is 1. The van der Waals surface area contributed by atoms with Crippen LogP contribution in [0.3, 0.4) is 0 Å². The molecule has 2 N–H and O–H groups in total. The highest BCUT2D eigenvalue weighted by atomic mass is 32.2. The van der Waals surface area contributed by atoms with Crippen LogP contribution in [0.5, 0.6) is 0 Å². The number of hydrogen-bond acceptors (Lipinski definition) is 6. The molecule has 0 aliphatic carbocycles. The molecule has 0 radical (unpaired) electrons. The molecule has 2 aromatic heterocycles. The normalized spacial score (nSPS) is 11.9. The molecule has 0 fully saturated rings. The second-order valence-corrected chi connectivity index (χ2v) is 6.95. The minimum absolute atomic E-state index is 0.224. The van der Waals surface area contributed by atoms with Crippen LogP contribution in [0.15, 0.2) is 66.9 Å². The van der Waals surface area contributed by atoms with Gasteiger partial charge in [0.1, 0.15) is 6.07 Å². The number of nitriles is 1. The molecule has 8 nitrogen and oxygen atoms in total. The van der Waals surface area contributed by atoms with Gasteiger partial charge >= 0.3 is 0 Å². The number of benzene rings is 2. The largest absolute Gasteiger partial charge is 0.760 e.